The fourth-order valence-corrected chi connectivity index (χ4v) is 9.52. The molecule has 268 valence electrons. The summed E-state index contributed by atoms with van der Waals surface area (Å²) in [5.74, 6) is 1.13. The maximum absolute atomic E-state index is 5.17. The van der Waals surface area contributed by atoms with Gasteiger partial charge in [-0.15, -0.1) is 0 Å². The van der Waals surface area contributed by atoms with Crippen LogP contribution in [-0.2, 0) is 0 Å². The third-order valence-corrected chi connectivity index (χ3v) is 12.0. The van der Waals surface area contributed by atoms with E-state index in [1.54, 1.807) is 0 Å². The van der Waals surface area contributed by atoms with Gasteiger partial charge in [-0.3, -0.25) is 4.57 Å². The Morgan fingerprint density at radius 2 is 1.12 bits per heavy atom. The summed E-state index contributed by atoms with van der Waals surface area (Å²) < 4.78 is 4.76. The fraction of sp³-hybridized carbons (Fsp3) is 0.0377. The van der Waals surface area contributed by atoms with Crippen LogP contribution in [0.3, 0.4) is 0 Å². The third kappa shape index (κ3) is 4.90. The van der Waals surface area contributed by atoms with Crippen molar-refractivity contribution in [3.63, 3.8) is 0 Å². The van der Waals surface area contributed by atoms with Gasteiger partial charge in [-0.25, -0.2) is 4.98 Å². The van der Waals surface area contributed by atoms with E-state index in [2.05, 4.69) is 220 Å². The molecule has 4 nitrogen and oxygen atoms in total. The summed E-state index contributed by atoms with van der Waals surface area (Å²) in [7, 11) is 0. The molecule has 0 radical (unpaired) electrons. The van der Waals surface area contributed by atoms with E-state index < -0.39 is 0 Å². The Balaban J connectivity index is 1.04. The van der Waals surface area contributed by atoms with Gasteiger partial charge >= 0.3 is 0 Å². The first-order chi connectivity index (χ1) is 28.3. The lowest BCUT2D eigenvalue weighted by Crippen LogP contribution is -2.40. The minimum atomic E-state index is 0.0959. The van der Waals surface area contributed by atoms with Crippen LogP contribution in [0.25, 0.3) is 78.8 Å². The smallest absolute Gasteiger partial charge is 0.145 e. The number of para-hydroxylation sites is 3. The molecule has 2 aliphatic rings. The van der Waals surface area contributed by atoms with E-state index in [0.29, 0.717) is 0 Å². The summed E-state index contributed by atoms with van der Waals surface area (Å²) in [5.41, 5.74) is 12.8. The monoisotopic (exact) mass is 728 g/mol. The van der Waals surface area contributed by atoms with Gasteiger partial charge in [0.2, 0.25) is 0 Å². The molecule has 2 unspecified atom stereocenters. The average Bonchev–Trinajstić information content (AvgIpc) is 3.94. The highest BCUT2D eigenvalue weighted by molar-refractivity contribution is 6.08. The van der Waals surface area contributed by atoms with Gasteiger partial charge in [0.15, 0.2) is 0 Å². The van der Waals surface area contributed by atoms with Crippen LogP contribution < -0.4 is 15.5 Å². The van der Waals surface area contributed by atoms with Gasteiger partial charge in [0.25, 0.3) is 0 Å². The second-order valence-electron chi connectivity index (χ2n) is 15.2. The van der Waals surface area contributed by atoms with Crippen molar-refractivity contribution in [3.05, 3.63) is 210 Å². The van der Waals surface area contributed by atoms with Gasteiger partial charge in [-0.1, -0.05) is 140 Å². The molecule has 10 aromatic rings. The number of anilines is 2. The Bertz CT molecular complexity index is 3310. The van der Waals surface area contributed by atoms with Gasteiger partial charge in [0.1, 0.15) is 5.82 Å². The molecule has 0 saturated heterocycles. The molecular weight excluding hydrogens is 693 g/mol. The molecule has 0 saturated carbocycles. The lowest BCUT2D eigenvalue weighted by molar-refractivity contribution is 0.796. The molecule has 57 heavy (non-hydrogen) atoms. The predicted octanol–water partition coefficient (Wildman–Crippen LogP) is 11.3. The van der Waals surface area contributed by atoms with Crippen LogP contribution in [-0.4, -0.2) is 20.2 Å². The summed E-state index contributed by atoms with van der Waals surface area (Å²) in [5, 5.41) is 6.44. The van der Waals surface area contributed by atoms with E-state index in [0.717, 1.165) is 33.7 Å². The van der Waals surface area contributed by atoms with Crippen LogP contribution in [0.4, 0.5) is 11.4 Å². The highest BCUT2D eigenvalue weighted by Gasteiger charge is 2.39. The fourth-order valence-electron chi connectivity index (χ4n) is 9.52. The number of nitrogens with zero attached hydrogens (tertiary/aromatic N) is 4. The van der Waals surface area contributed by atoms with Gasteiger partial charge in [0, 0.05) is 44.8 Å². The molecule has 0 spiro atoms. The first-order valence-corrected chi connectivity index (χ1v) is 19.7. The number of hydrogen-bond acceptors (Lipinski definition) is 2. The number of benzene rings is 8. The highest BCUT2D eigenvalue weighted by Crippen LogP contribution is 2.48. The van der Waals surface area contributed by atoms with Crippen molar-refractivity contribution in [2.45, 2.75) is 12.0 Å². The van der Waals surface area contributed by atoms with Crippen LogP contribution in [0.15, 0.2) is 194 Å². The van der Waals surface area contributed by atoms with E-state index in [1.807, 2.05) is 0 Å². The second-order valence-corrected chi connectivity index (χ2v) is 15.2. The number of imidazole rings is 1. The maximum Gasteiger partial charge on any atom is 0.145 e. The van der Waals surface area contributed by atoms with Gasteiger partial charge < -0.3 is 9.47 Å². The van der Waals surface area contributed by atoms with Crippen LogP contribution >= 0.6 is 0 Å². The van der Waals surface area contributed by atoms with Crippen molar-refractivity contribution in [1.82, 2.24) is 14.1 Å². The van der Waals surface area contributed by atoms with Crippen LogP contribution in [0.1, 0.15) is 11.5 Å². The van der Waals surface area contributed by atoms with Crippen LogP contribution in [0, 0.1) is 0 Å². The summed E-state index contributed by atoms with van der Waals surface area (Å²) in [6, 6.07) is 70.1. The first-order valence-electron chi connectivity index (χ1n) is 19.7. The van der Waals surface area contributed by atoms with E-state index in [9.17, 15) is 0 Å². The molecular formula is C53H36N4. The SMILES string of the molecule is C1=c2c(n(-c3ccccc3)c3ccc4ccccc4c23)=CC2C1c1ccccc1N2c1cccc(-c2ccc3nc(-c4ccccc4)n(-c4ccccc4)c3c2)c1. The van der Waals surface area contributed by atoms with E-state index in [-0.39, 0.29) is 12.0 Å². The Morgan fingerprint density at radius 1 is 0.456 bits per heavy atom. The normalized spacial score (nSPS) is 15.6. The number of fused-ring (bicyclic) bond motifs is 9. The maximum atomic E-state index is 5.17. The molecule has 1 aliphatic carbocycles. The molecule has 0 fully saturated rings. The molecule has 8 aromatic carbocycles. The molecule has 4 heteroatoms. The Labute approximate surface area is 330 Å². The summed E-state index contributed by atoms with van der Waals surface area (Å²) >= 11 is 0. The van der Waals surface area contributed by atoms with E-state index in [1.165, 1.54) is 60.4 Å². The van der Waals surface area contributed by atoms with Gasteiger partial charge in [-0.05, 0) is 94.2 Å². The van der Waals surface area contributed by atoms with E-state index >= 15 is 0 Å². The Morgan fingerprint density at radius 3 is 1.95 bits per heavy atom. The van der Waals surface area contributed by atoms with Gasteiger partial charge in [0.05, 0.1) is 27.9 Å². The molecule has 0 amide bonds. The molecule has 0 bridgehead atoms. The first kappa shape index (κ1) is 31.9. The predicted molar refractivity (Wildman–Crippen MR) is 236 cm³/mol. The second kappa shape index (κ2) is 12.6. The highest BCUT2D eigenvalue weighted by atomic mass is 15.2. The van der Waals surface area contributed by atoms with Crippen molar-refractivity contribution >= 4 is 56.2 Å². The van der Waals surface area contributed by atoms with Crippen molar-refractivity contribution in [2.24, 2.45) is 0 Å². The van der Waals surface area contributed by atoms with E-state index in [4.69, 9.17) is 4.98 Å². The summed E-state index contributed by atoms with van der Waals surface area (Å²) in [4.78, 5) is 7.73. The molecule has 3 heterocycles. The Kier molecular flexibility index (Phi) is 7.02. The number of hydrogen-bond donors (Lipinski definition) is 0. The largest absolute Gasteiger partial charge is 0.333 e. The van der Waals surface area contributed by atoms with Crippen molar-refractivity contribution in [1.29, 1.82) is 0 Å². The number of rotatable bonds is 5. The molecule has 1 aliphatic heterocycles. The molecule has 2 aromatic heterocycles. The minimum absolute atomic E-state index is 0.0959. The zero-order chi connectivity index (χ0) is 37.5. The van der Waals surface area contributed by atoms with Crippen LogP contribution in [0.5, 0.6) is 0 Å². The van der Waals surface area contributed by atoms with Crippen molar-refractivity contribution < 1.29 is 0 Å². The lowest BCUT2D eigenvalue weighted by Gasteiger charge is -2.29. The zero-order valence-electron chi connectivity index (χ0n) is 31.1. The standard InChI is InChI=1S/C53H36N4/c1-4-16-36(17-5-1)53-54-46-29-27-38(32-51(46)57(53)40-21-8-3-9-22-40)37-18-14-23-41(31-37)56-47-26-13-12-25-43(47)44-33-45-50(34-49(44)56)55(39-19-6-2-7-20-39)48-30-28-35-15-10-11-24-42(35)52(45)48/h1-34,44,49H. The number of aromatic nitrogens is 3. The summed E-state index contributed by atoms with van der Waals surface area (Å²) in [6.45, 7) is 0. The van der Waals surface area contributed by atoms with Crippen molar-refractivity contribution in [2.75, 3.05) is 4.90 Å². The Hall–Kier alpha value is -7.43. The van der Waals surface area contributed by atoms with Crippen LogP contribution in [0.2, 0.25) is 0 Å². The minimum Gasteiger partial charge on any atom is -0.333 e. The molecule has 2 atom stereocenters. The topological polar surface area (TPSA) is 26.0 Å². The quantitative estimate of drug-likeness (QED) is 0.176. The molecule has 12 rings (SSSR count). The van der Waals surface area contributed by atoms with Gasteiger partial charge in [-0.2, -0.15) is 0 Å². The zero-order valence-corrected chi connectivity index (χ0v) is 31.1. The van der Waals surface area contributed by atoms with Crippen molar-refractivity contribution in [3.8, 4) is 33.9 Å². The average molecular weight is 729 g/mol. The lowest BCUT2D eigenvalue weighted by atomic mass is 9.90. The molecule has 0 N–H and O–H groups in total. The summed E-state index contributed by atoms with van der Waals surface area (Å²) in [6.07, 6.45) is 5.09. The third-order valence-electron chi connectivity index (χ3n) is 12.0.